The second kappa shape index (κ2) is 10.4. The zero-order valence-corrected chi connectivity index (χ0v) is 19.6. The molecular weight excluding hydrogens is 442 g/mol. The Hall–Kier alpha value is -3.53. The summed E-state index contributed by atoms with van der Waals surface area (Å²) in [5, 5.41) is 16.9. The van der Waals surface area contributed by atoms with Crippen molar-refractivity contribution in [3.8, 4) is 0 Å². The first-order chi connectivity index (χ1) is 15.7. The van der Waals surface area contributed by atoms with Crippen molar-refractivity contribution in [2.75, 3.05) is 36.4 Å². The Bertz CT molecular complexity index is 1080. The Kier molecular flexibility index (Phi) is 7.59. The van der Waals surface area contributed by atoms with Gasteiger partial charge in [0.15, 0.2) is 5.11 Å². The predicted molar refractivity (Wildman–Crippen MR) is 132 cm³/mol. The first-order valence-corrected chi connectivity index (χ1v) is 11.1. The molecule has 0 bridgehead atoms. The van der Waals surface area contributed by atoms with Gasteiger partial charge >= 0.3 is 0 Å². The summed E-state index contributed by atoms with van der Waals surface area (Å²) in [5.41, 5.74) is 2.14. The normalized spacial score (nSPS) is 13.6. The van der Waals surface area contributed by atoms with Gasteiger partial charge in [0.25, 0.3) is 11.6 Å². The summed E-state index contributed by atoms with van der Waals surface area (Å²) in [5.74, 6) is -0.406. The number of nitro groups is 1. The topological polar surface area (TPSA) is 108 Å². The van der Waals surface area contributed by atoms with E-state index in [2.05, 4.69) is 15.5 Å². The minimum absolute atomic E-state index is 0.0264. The van der Waals surface area contributed by atoms with Gasteiger partial charge in [-0.05, 0) is 37.3 Å². The molecular formula is C23H27N5O4S. The summed E-state index contributed by atoms with van der Waals surface area (Å²) >= 11 is 5.32. The molecule has 9 nitrogen and oxygen atoms in total. The van der Waals surface area contributed by atoms with Gasteiger partial charge in [-0.15, -0.1) is 0 Å². The summed E-state index contributed by atoms with van der Waals surface area (Å²) in [4.78, 5) is 39.5. The van der Waals surface area contributed by atoms with Gasteiger partial charge < -0.3 is 15.1 Å². The average Bonchev–Trinajstić information content (AvgIpc) is 2.79. The predicted octanol–water partition coefficient (Wildman–Crippen LogP) is 3.33. The fourth-order valence-electron chi connectivity index (χ4n) is 3.66. The van der Waals surface area contributed by atoms with Gasteiger partial charge in [-0.25, -0.2) is 0 Å². The number of nitrogens with one attached hydrogen (secondary N) is 2. The maximum Gasteiger partial charge on any atom is 0.273 e. The van der Waals surface area contributed by atoms with E-state index in [0.717, 1.165) is 11.4 Å². The highest BCUT2D eigenvalue weighted by Gasteiger charge is 2.24. The van der Waals surface area contributed by atoms with Crippen molar-refractivity contribution in [1.82, 2.24) is 10.2 Å². The van der Waals surface area contributed by atoms with Crippen LogP contribution in [0.4, 0.5) is 17.1 Å². The van der Waals surface area contributed by atoms with E-state index in [1.165, 1.54) is 18.2 Å². The Balaban J connectivity index is 1.66. The zero-order valence-electron chi connectivity index (χ0n) is 18.8. The molecule has 0 aromatic heterocycles. The molecule has 1 aliphatic heterocycles. The molecule has 33 heavy (non-hydrogen) atoms. The van der Waals surface area contributed by atoms with Crippen molar-refractivity contribution in [1.29, 1.82) is 0 Å². The summed E-state index contributed by atoms with van der Waals surface area (Å²) in [6.07, 6.45) is 0. The monoisotopic (exact) mass is 469 g/mol. The van der Waals surface area contributed by atoms with Crippen molar-refractivity contribution in [3.63, 3.8) is 0 Å². The number of anilines is 2. The number of carbonyl (C=O) groups is 2. The van der Waals surface area contributed by atoms with Crippen LogP contribution >= 0.6 is 12.2 Å². The molecule has 1 fully saturated rings. The van der Waals surface area contributed by atoms with Crippen molar-refractivity contribution >= 4 is 46.2 Å². The van der Waals surface area contributed by atoms with Crippen molar-refractivity contribution < 1.29 is 14.5 Å². The van der Waals surface area contributed by atoms with Crippen molar-refractivity contribution in [3.05, 3.63) is 63.7 Å². The van der Waals surface area contributed by atoms with Crippen LogP contribution in [-0.4, -0.2) is 52.9 Å². The molecule has 10 heteroatoms. The van der Waals surface area contributed by atoms with Gasteiger partial charge in [0, 0.05) is 49.3 Å². The van der Waals surface area contributed by atoms with Crippen LogP contribution in [0.2, 0.25) is 0 Å². The summed E-state index contributed by atoms with van der Waals surface area (Å²) in [6, 6.07) is 11.9. The van der Waals surface area contributed by atoms with Crippen LogP contribution in [0.5, 0.6) is 0 Å². The summed E-state index contributed by atoms with van der Waals surface area (Å²) < 4.78 is 0. The molecule has 2 N–H and O–H groups in total. The summed E-state index contributed by atoms with van der Waals surface area (Å²) in [7, 11) is 0. The van der Waals surface area contributed by atoms with Gasteiger partial charge in [-0.1, -0.05) is 32.0 Å². The number of amides is 2. The van der Waals surface area contributed by atoms with Crippen LogP contribution in [0.15, 0.2) is 42.5 Å². The molecule has 0 spiro atoms. The molecule has 3 rings (SSSR count). The smallest absolute Gasteiger partial charge is 0.273 e. The van der Waals surface area contributed by atoms with E-state index in [0.29, 0.717) is 31.7 Å². The molecule has 0 radical (unpaired) electrons. The lowest BCUT2D eigenvalue weighted by molar-refractivity contribution is -0.385. The van der Waals surface area contributed by atoms with E-state index in [1.807, 2.05) is 43.0 Å². The van der Waals surface area contributed by atoms with Gasteiger partial charge in [0.1, 0.15) is 0 Å². The van der Waals surface area contributed by atoms with Crippen molar-refractivity contribution in [2.45, 2.75) is 20.8 Å². The number of thiocarbonyl (C=S) groups is 1. The first kappa shape index (κ1) is 24.1. The maximum atomic E-state index is 12.6. The molecule has 0 aliphatic carbocycles. The quantitative estimate of drug-likeness (QED) is 0.393. The van der Waals surface area contributed by atoms with Gasteiger partial charge in [-0.2, -0.15) is 0 Å². The molecule has 1 saturated heterocycles. The minimum atomic E-state index is -0.533. The molecule has 1 heterocycles. The third-order valence-corrected chi connectivity index (χ3v) is 5.68. The number of nitro benzene ring substituents is 1. The van der Waals surface area contributed by atoms with Crippen LogP contribution in [0, 0.1) is 23.0 Å². The fraction of sp³-hybridized carbons (Fsp3) is 0.348. The van der Waals surface area contributed by atoms with Crippen molar-refractivity contribution in [2.24, 2.45) is 5.92 Å². The minimum Gasteiger partial charge on any atom is -0.366 e. The maximum absolute atomic E-state index is 12.6. The molecule has 2 amide bonds. The molecule has 1 aliphatic rings. The second-order valence-electron chi connectivity index (χ2n) is 8.15. The third-order valence-electron chi connectivity index (χ3n) is 5.47. The standard InChI is InChI=1S/C23H27N5O4S/c1-15(2)22(30)27-12-10-26(11-13-27)19-7-5-4-6-18(19)24-23(33)25-21(29)17-9-8-16(3)20(14-17)28(31)32/h4-9,14-15H,10-13H2,1-3H3,(H2,24,25,29,33). The first-order valence-electron chi connectivity index (χ1n) is 10.7. The van der Waals surface area contributed by atoms with E-state index < -0.39 is 10.8 Å². The zero-order chi connectivity index (χ0) is 24.1. The largest absolute Gasteiger partial charge is 0.366 e. The van der Waals surface area contributed by atoms with E-state index >= 15 is 0 Å². The highest BCUT2D eigenvalue weighted by atomic mass is 32.1. The highest BCUT2D eigenvalue weighted by Crippen LogP contribution is 2.27. The number of aryl methyl sites for hydroxylation is 1. The van der Waals surface area contributed by atoms with Crippen LogP contribution in [0.3, 0.4) is 0 Å². The lowest BCUT2D eigenvalue weighted by Gasteiger charge is -2.37. The number of hydrogen-bond donors (Lipinski definition) is 2. The SMILES string of the molecule is Cc1ccc(C(=O)NC(=S)Nc2ccccc2N2CCN(C(=O)C(C)C)CC2)cc1[N+](=O)[O-]. The molecule has 0 saturated carbocycles. The van der Waals surface area contributed by atoms with Crippen LogP contribution in [-0.2, 0) is 4.79 Å². The number of hydrogen-bond acceptors (Lipinski definition) is 6. The average molecular weight is 470 g/mol. The van der Waals surface area contributed by atoms with E-state index in [-0.39, 0.29) is 28.2 Å². The van der Waals surface area contributed by atoms with E-state index in [4.69, 9.17) is 12.2 Å². The molecule has 174 valence electrons. The number of rotatable bonds is 5. The van der Waals surface area contributed by atoms with Gasteiger partial charge in [0.05, 0.1) is 16.3 Å². The highest BCUT2D eigenvalue weighted by molar-refractivity contribution is 7.80. The van der Waals surface area contributed by atoms with E-state index in [1.54, 1.807) is 6.92 Å². The number of benzene rings is 2. The molecule has 2 aromatic carbocycles. The van der Waals surface area contributed by atoms with Gasteiger partial charge in [-0.3, -0.25) is 25.0 Å². The van der Waals surface area contributed by atoms with Gasteiger partial charge in [0.2, 0.25) is 5.91 Å². The van der Waals surface area contributed by atoms with E-state index in [9.17, 15) is 19.7 Å². The molecule has 0 atom stereocenters. The third kappa shape index (κ3) is 5.83. The fourth-order valence-corrected chi connectivity index (χ4v) is 3.87. The number of nitrogens with zero attached hydrogens (tertiary/aromatic N) is 3. The number of piperazine rings is 1. The Morgan fingerprint density at radius 2 is 1.76 bits per heavy atom. The van der Waals surface area contributed by atoms with Crippen LogP contribution in [0.25, 0.3) is 0 Å². The van der Waals surface area contributed by atoms with Crippen LogP contribution < -0.4 is 15.5 Å². The Morgan fingerprint density at radius 1 is 1.09 bits per heavy atom. The number of carbonyl (C=O) groups excluding carboxylic acids is 2. The second-order valence-corrected chi connectivity index (χ2v) is 8.56. The number of para-hydroxylation sites is 2. The summed E-state index contributed by atoms with van der Waals surface area (Å²) in [6.45, 7) is 8.06. The molecule has 2 aromatic rings. The molecule has 0 unspecified atom stereocenters. The lowest BCUT2D eigenvalue weighted by Crippen LogP contribution is -2.50. The lowest BCUT2D eigenvalue weighted by atomic mass is 10.1. The van der Waals surface area contributed by atoms with Crippen LogP contribution in [0.1, 0.15) is 29.8 Å². The Labute approximate surface area is 197 Å². The Morgan fingerprint density at radius 3 is 2.39 bits per heavy atom.